The van der Waals surface area contributed by atoms with E-state index >= 15 is 0 Å². The van der Waals surface area contributed by atoms with Crippen LogP contribution in [-0.2, 0) is 0 Å². The summed E-state index contributed by atoms with van der Waals surface area (Å²) in [4.78, 5) is 13.6. The number of fused-ring (bicyclic) bond motifs is 1. The first-order chi connectivity index (χ1) is 17.7. The summed E-state index contributed by atoms with van der Waals surface area (Å²) in [6.07, 6.45) is 1.60. The minimum atomic E-state index is -0.00816. The van der Waals surface area contributed by atoms with E-state index in [0.29, 0.717) is 11.5 Å². The van der Waals surface area contributed by atoms with Crippen LogP contribution in [0.1, 0.15) is 17.2 Å². The average molecular weight is 500 g/mol. The standard InChI is InChI=1S/C28H29N5O2S/c1-34-24-17-22-23(18-25(24)35-2)29-19-30-27(22)32-13-15-33(16-14-32)28(36)31-26(20-9-5-3-6-10-20)21-11-7-4-8-12-21/h3-12,17-19,26H,13-16H2,1-2H3,(H,31,36). The van der Waals surface area contributed by atoms with Gasteiger partial charge >= 0.3 is 0 Å². The van der Waals surface area contributed by atoms with Crippen LogP contribution in [0.5, 0.6) is 11.5 Å². The number of rotatable bonds is 6. The van der Waals surface area contributed by atoms with Crippen molar-refractivity contribution in [2.75, 3.05) is 45.3 Å². The molecule has 36 heavy (non-hydrogen) atoms. The van der Waals surface area contributed by atoms with E-state index in [1.54, 1.807) is 20.5 Å². The second kappa shape index (κ2) is 10.8. The van der Waals surface area contributed by atoms with Crippen LogP contribution in [0.4, 0.5) is 5.82 Å². The van der Waals surface area contributed by atoms with Crippen molar-refractivity contribution >= 4 is 34.1 Å². The quantitative estimate of drug-likeness (QED) is 0.391. The lowest BCUT2D eigenvalue weighted by atomic mass is 9.99. The third-order valence-electron chi connectivity index (χ3n) is 6.52. The molecular formula is C28H29N5O2S. The topological polar surface area (TPSA) is 62.8 Å². The predicted octanol–water partition coefficient (Wildman–Crippen LogP) is 4.43. The van der Waals surface area contributed by atoms with Gasteiger partial charge in [0.05, 0.1) is 25.8 Å². The van der Waals surface area contributed by atoms with Gasteiger partial charge in [0.1, 0.15) is 12.1 Å². The highest BCUT2D eigenvalue weighted by Crippen LogP contribution is 2.35. The number of methoxy groups -OCH3 is 2. The number of benzene rings is 3. The summed E-state index contributed by atoms with van der Waals surface area (Å²) in [5.41, 5.74) is 3.19. The molecule has 0 atom stereocenters. The van der Waals surface area contributed by atoms with Crippen molar-refractivity contribution in [3.63, 3.8) is 0 Å². The maximum absolute atomic E-state index is 5.88. The SMILES string of the molecule is COc1cc2ncnc(N3CCN(C(=S)NC(c4ccccc4)c4ccccc4)CC3)c2cc1OC. The highest BCUT2D eigenvalue weighted by molar-refractivity contribution is 7.80. The zero-order chi connectivity index (χ0) is 24.9. The van der Waals surface area contributed by atoms with Crippen molar-refractivity contribution in [3.05, 3.63) is 90.3 Å². The van der Waals surface area contributed by atoms with Crippen LogP contribution >= 0.6 is 12.2 Å². The molecule has 1 aromatic heterocycles. The number of nitrogens with one attached hydrogen (secondary N) is 1. The highest BCUT2D eigenvalue weighted by atomic mass is 32.1. The number of thiocarbonyl (C=S) groups is 1. The van der Waals surface area contributed by atoms with Crippen molar-refractivity contribution in [3.8, 4) is 11.5 Å². The van der Waals surface area contributed by atoms with Crippen molar-refractivity contribution in [2.45, 2.75) is 6.04 Å². The van der Waals surface area contributed by atoms with E-state index in [0.717, 1.165) is 48.0 Å². The van der Waals surface area contributed by atoms with Crippen LogP contribution in [0.3, 0.4) is 0 Å². The van der Waals surface area contributed by atoms with Gasteiger partial charge < -0.3 is 24.6 Å². The number of hydrogen-bond acceptors (Lipinski definition) is 6. The number of anilines is 1. The van der Waals surface area contributed by atoms with E-state index in [9.17, 15) is 0 Å². The monoisotopic (exact) mass is 499 g/mol. The van der Waals surface area contributed by atoms with E-state index in [4.69, 9.17) is 21.7 Å². The Balaban J connectivity index is 1.31. The first kappa shape index (κ1) is 23.8. The Hall–Kier alpha value is -3.91. The van der Waals surface area contributed by atoms with Gasteiger partial charge in [-0.3, -0.25) is 0 Å². The minimum absolute atomic E-state index is 0.00816. The van der Waals surface area contributed by atoms with E-state index in [1.165, 1.54) is 11.1 Å². The molecule has 1 N–H and O–H groups in total. The third kappa shape index (κ3) is 4.90. The fourth-order valence-electron chi connectivity index (χ4n) is 4.61. The summed E-state index contributed by atoms with van der Waals surface area (Å²) in [5.74, 6) is 2.21. The molecule has 2 heterocycles. The van der Waals surface area contributed by atoms with Crippen molar-refractivity contribution in [2.24, 2.45) is 0 Å². The molecule has 1 saturated heterocycles. The largest absolute Gasteiger partial charge is 0.493 e. The third-order valence-corrected chi connectivity index (χ3v) is 6.90. The van der Waals surface area contributed by atoms with Crippen LogP contribution in [0, 0.1) is 0 Å². The number of ether oxygens (including phenoxy) is 2. The van der Waals surface area contributed by atoms with Crippen molar-refractivity contribution in [1.82, 2.24) is 20.2 Å². The molecule has 0 radical (unpaired) electrons. The second-order valence-corrected chi connectivity index (χ2v) is 8.99. The van der Waals surface area contributed by atoms with Crippen LogP contribution in [0.15, 0.2) is 79.1 Å². The number of piperazine rings is 1. The Morgan fingerprint density at radius 1 is 0.833 bits per heavy atom. The first-order valence-electron chi connectivity index (χ1n) is 11.9. The lowest BCUT2D eigenvalue weighted by molar-refractivity contribution is 0.355. The molecule has 0 spiro atoms. The predicted molar refractivity (Wildman–Crippen MR) is 147 cm³/mol. The highest BCUT2D eigenvalue weighted by Gasteiger charge is 2.24. The normalized spacial score (nSPS) is 13.6. The molecule has 3 aromatic carbocycles. The van der Waals surface area contributed by atoms with Gasteiger partial charge in [-0.1, -0.05) is 60.7 Å². The molecule has 5 rings (SSSR count). The van der Waals surface area contributed by atoms with Crippen molar-refractivity contribution in [1.29, 1.82) is 0 Å². The summed E-state index contributed by atoms with van der Waals surface area (Å²) < 4.78 is 11.0. The molecule has 0 saturated carbocycles. The van der Waals surface area contributed by atoms with Gasteiger partial charge in [0.25, 0.3) is 0 Å². The van der Waals surface area contributed by atoms with Crippen LogP contribution < -0.4 is 19.7 Å². The van der Waals surface area contributed by atoms with Crippen LogP contribution in [0.2, 0.25) is 0 Å². The smallest absolute Gasteiger partial charge is 0.169 e. The maximum atomic E-state index is 5.88. The van der Waals surface area contributed by atoms with E-state index < -0.39 is 0 Å². The van der Waals surface area contributed by atoms with Gasteiger partial charge in [-0.15, -0.1) is 0 Å². The molecule has 1 aliphatic heterocycles. The Morgan fingerprint density at radius 3 is 2.00 bits per heavy atom. The Morgan fingerprint density at radius 2 is 1.42 bits per heavy atom. The van der Waals surface area contributed by atoms with Gasteiger partial charge in [-0.2, -0.15) is 0 Å². The number of aromatic nitrogens is 2. The van der Waals surface area contributed by atoms with Gasteiger partial charge in [-0.05, 0) is 29.4 Å². The van der Waals surface area contributed by atoms with Crippen LogP contribution in [-0.4, -0.2) is 60.4 Å². The molecule has 0 unspecified atom stereocenters. The molecule has 7 nitrogen and oxygen atoms in total. The molecule has 0 aliphatic carbocycles. The molecule has 4 aromatic rings. The Kier molecular flexibility index (Phi) is 7.13. The number of nitrogens with zero attached hydrogens (tertiary/aromatic N) is 4. The Bertz CT molecular complexity index is 1290. The van der Waals surface area contributed by atoms with Crippen LogP contribution in [0.25, 0.3) is 10.9 Å². The second-order valence-electron chi connectivity index (χ2n) is 8.60. The van der Waals surface area contributed by atoms with E-state index in [1.807, 2.05) is 24.3 Å². The molecule has 0 amide bonds. The van der Waals surface area contributed by atoms with Gasteiger partial charge in [0.15, 0.2) is 16.6 Å². The van der Waals surface area contributed by atoms with Gasteiger partial charge in [-0.25, -0.2) is 9.97 Å². The fourth-order valence-corrected chi connectivity index (χ4v) is 4.91. The van der Waals surface area contributed by atoms with E-state index in [-0.39, 0.29) is 6.04 Å². The fraction of sp³-hybridized carbons (Fsp3) is 0.250. The molecule has 184 valence electrons. The summed E-state index contributed by atoms with van der Waals surface area (Å²) in [6, 6.07) is 24.7. The molecular weight excluding hydrogens is 470 g/mol. The summed E-state index contributed by atoms with van der Waals surface area (Å²) in [7, 11) is 3.26. The molecule has 0 bridgehead atoms. The Labute approximate surface area is 216 Å². The molecule has 1 aliphatic rings. The first-order valence-corrected chi connectivity index (χ1v) is 12.4. The van der Waals surface area contributed by atoms with Gasteiger partial charge in [0.2, 0.25) is 0 Å². The zero-order valence-electron chi connectivity index (χ0n) is 20.4. The van der Waals surface area contributed by atoms with Gasteiger partial charge in [0, 0.05) is 37.6 Å². The summed E-state index contributed by atoms with van der Waals surface area (Å²) in [5, 5.41) is 5.31. The summed E-state index contributed by atoms with van der Waals surface area (Å²) >= 11 is 5.88. The maximum Gasteiger partial charge on any atom is 0.169 e. The lowest BCUT2D eigenvalue weighted by Gasteiger charge is -2.38. The summed E-state index contributed by atoms with van der Waals surface area (Å²) in [6.45, 7) is 3.18. The molecule has 1 fully saturated rings. The zero-order valence-corrected chi connectivity index (χ0v) is 21.2. The molecule has 8 heteroatoms. The lowest BCUT2D eigenvalue weighted by Crippen LogP contribution is -2.52. The van der Waals surface area contributed by atoms with E-state index in [2.05, 4.69) is 73.6 Å². The number of hydrogen-bond donors (Lipinski definition) is 1. The van der Waals surface area contributed by atoms with Crippen molar-refractivity contribution < 1.29 is 9.47 Å². The minimum Gasteiger partial charge on any atom is -0.493 e. The average Bonchev–Trinajstić information content (AvgIpc) is 2.95.